The van der Waals surface area contributed by atoms with Gasteiger partial charge in [-0.15, -0.1) is 0 Å². The largest absolute Gasteiger partial charge is 0.484 e. The molecule has 2 aromatic heterocycles. The van der Waals surface area contributed by atoms with E-state index in [1.54, 1.807) is 6.07 Å². The molecule has 0 spiro atoms. The molecule has 136 valence electrons. The summed E-state index contributed by atoms with van der Waals surface area (Å²) in [6, 6.07) is 16.7. The van der Waals surface area contributed by atoms with Crippen LogP contribution in [0.1, 0.15) is 5.69 Å². The second-order valence-corrected chi connectivity index (χ2v) is 5.85. The van der Waals surface area contributed by atoms with Gasteiger partial charge in [-0.25, -0.2) is 4.39 Å². The number of carbonyl (C=O) groups excluding carboxylic acids is 1. The number of carbonyl (C=O) groups is 1. The van der Waals surface area contributed by atoms with Crippen LogP contribution in [0.3, 0.4) is 0 Å². The van der Waals surface area contributed by atoms with E-state index in [1.807, 2.05) is 30.3 Å². The Bertz CT molecular complexity index is 1040. The van der Waals surface area contributed by atoms with Gasteiger partial charge >= 0.3 is 0 Å². The fourth-order valence-corrected chi connectivity index (χ4v) is 2.53. The second kappa shape index (κ2) is 7.33. The molecule has 1 amide bonds. The Labute approximate surface area is 153 Å². The van der Waals surface area contributed by atoms with E-state index in [2.05, 4.69) is 10.5 Å². The number of hydrogen-bond acceptors (Lipinski definition) is 5. The van der Waals surface area contributed by atoms with Crippen molar-refractivity contribution in [1.29, 1.82) is 0 Å². The molecule has 0 atom stereocenters. The quantitative estimate of drug-likeness (QED) is 0.560. The van der Waals surface area contributed by atoms with Crippen LogP contribution in [-0.2, 0) is 11.3 Å². The molecule has 2 aromatic carbocycles. The lowest BCUT2D eigenvalue weighted by molar-refractivity contribution is -0.123. The third kappa shape index (κ3) is 3.98. The van der Waals surface area contributed by atoms with E-state index in [9.17, 15) is 9.18 Å². The van der Waals surface area contributed by atoms with Gasteiger partial charge in [0.1, 0.15) is 22.8 Å². The van der Waals surface area contributed by atoms with Gasteiger partial charge in [-0.05, 0) is 36.4 Å². The molecule has 0 aliphatic carbocycles. The number of amides is 1. The molecule has 0 bridgehead atoms. The number of ether oxygens (including phenoxy) is 1. The van der Waals surface area contributed by atoms with Crippen molar-refractivity contribution in [3.05, 3.63) is 72.2 Å². The molecule has 6 nitrogen and oxygen atoms in total. The Hall–Kier alpha value is -3.61. The SMILES string of the molecule is O=C(COc1ccc(F)cc1)NCc1cc(-c2cc3ccccc3o2)on1. The summed E-state index contributed by atoms with van der Waals surface area (Å²) in [5.74, 6) is 0.782. The number of nitrogens with one attached hydrogen (secondary N) is 1. The van der Waals surface area contributed by atoms with Crippen LogP contribution >= 0.6 is 0 Å². The van der Waals surface area contributed by atoms with Gasteiger partial charge in [0.15, 0.2) is 12.4 Å². The van der Waals surface area contributed by atoms with Gasteiger partial charge in [-0.1, -0.05) is 23.4 Å². The molecule has 4 rings (SSSR count). The summed E-state index contributed by atoms with van der Waals surface area (Å²) in [7, 11) is 0. The number of aromatic nitrogens is 1. The molecule has 7 heteroatoms. The third-order valence-electron chi connectivity index (χ3n) is 3.88. The molecule has 0 unspecified atom stereocenters. The molecule has 27 heavy (non-hydrogen) atoms. The lowest BCUT2D eigenvalue weighted by atomic mass is 10.2. The molecule has 4 aromatic rings. The summed E-state index contributed by atoms with van der Waals surface area (Å²) in [4.78, 5) is 11.9. The molecule has 0 aliphatic heterocycles. The summed E-state index contributed by atoms with van der Waals surface area (Å²) < 4.78 is 29.1. The average Bonchev–Trinajstić information content (AvgIpc) is 3.32. The fourth-order valence-electron chi connectivity index (χ4n) is 2.53. The van der Waals surface area contributed by atoms with Gasteiger partial charge in [0.2, 0.25) is 5.76 Å². The number of para-hydroxylation sites is 1. The van der Waals surface area contributed by atoms with Crippen molar-refractivity contribution in [3.8, 4) is 17.3 Å². The molecular weight excluding hydrogens is 351 g/mol. The van der Waals surface area contributed by atoms with Gasteiger partial charge in [0.25, 0.3) is 5.91 Å². The lowest BCUT2D eigenvalue weighted by Gasteiger charge is -2.06. The first-order valence-electron chi connectivity index (χ1n) is 8.27. The zero-order valence-corrected chi connectivity index (χ0v) is 14.1. The highest BCUT2D eigenvalue weighted by molar-refractivity contribution is 5.81. The number of benzene rings is 2. The maximum absolute atomic E-state index is 12.8. The first-order valence-corrected chi connectivity index (χ1v) is 8.27. The predicted molar refractivity (Wildman–Crippen MR) is 95.5 cm³/mol. The predicted octanol–water partition coefficient (Wildman–Crippen LogP) is 3.92. The molecule has 0 radical (unpaired) electrons. The Balaban J connectivity index is 1.32. The van der Waals surface area contributed by atoms with Crippen molar-refractivity contribution in [2.45, 2.75) is 6.54 Å². The highest BCUT2D eigenvalue weighted by atomic mass is 19.1. The molecule has 0 fully saturated rings. The number of hydrogen-bond donors (Lipinski definition) is 1. The summed E-state index contributed by atoms with van der Waals surface area (Å²) in [5, 5.41) is 7.58. The van der Waals surface area contributed by atoms with E-state index < -0.39 is 0 Å². The van der Waals surface area contributed by atoms with E-state index >= 15 is 0 Å². The molecule has 1 N–H and O–H groups in total. The van der Waals surface area contributed by atoms with Crippen molar-refractivity contribution < 1.29 is 22.9 Å². The molecule has 0 saturated carbocycles. The summed E-state index contributed by atoms with van der Waals surface area (Å²) in [6.45, 7) is 0.00918. The monoisotopic (exact) mass is 366 g/mol. The topological polar surface area (TPSA) is 77.5 Å². The summed E-state index contributed by atoms with van der Waals surface area (Å²) >= 11 is 0. The first kappa shape index (κ1) is 16.8. The number of halogens is 1. The van der Waals surface area contributed by atoms with Crippen LogP contribution in [0, 0.1) is 5.82 Å². The number of rotatable bonds is 6. The highest BCUT2D eigenvalue weighted by Crippen LogP contribution is 2.28. The van der Waals surface area contributed by atoms with Crippen molar-refractivity contribution in [3.63, 3.8) is 0 Å². The van der Waals surface area contributed by atoms with Gasteiger partial charge < -0.3 is 19.0 Å². The third-order valence-corrected chi connectivity index (χ3v) is 3.88. The molecular formula is C20H15FN2O4. The minimum atomic E-state index is -0.363. The Morgan fingerprint density at radius 2 is 1.89 bits per heavy atom. The van der Waals surface area contributed by atoms with Crippen LogP contribution in [0.4, 0.5) is 4.39 Å². The standard InChI is InChI=1S/C20H15FN2O4/c21-14-5-7-16(8-6-14)25-12-20(24)22-11-15-10-19(27-23-15)18-9-13-3-1-2-4-17(13)26-18/h1-10H,11-12H2,(H,22,24). The maximum Gasteiger partial charge on any atom is 0.258 e. The van der Waals surface area contributed by atoms with Gasteiger partial charge in [-0.2, -0.15) is 0 Å². The number of fused-ring (bicyclic) bond motifs is 1. The lowest BCUT2D eigenvalue weighted by Crippen LogP contribution is -2.28. The summed E-state index contributed by atoms with van der Waals surface area (Å²) in [6.07, 6.45) is 0. The zero-order chi connectivity index (χ0) is 18.6. The Morgan fingerprint density at radius 3 is 2.70 bits per heavy atom. The summed E-state index contributed by atoms with van der Waals surface area (Å²) in [5.41, 5.74) is 1.32. The van der Waals surface area contributed by atoms with Crippen LogP contribution in [-0.4, -0.2) is 17.7 Å². The fraction of sp³-hybridized carbons (Fsp3) is 0.100. The molecule has 0 saturated heterocycles. The van der Waals surface area contributed by atoms with E-state index in [4.69, 9.17) is 13.7 Å². The van der Waals surface area contributed by atoms with Crippen LogP contribution in [0.2, 0.25) is 0 Å². The van der Waals surface area contributed by atoms with E-state index in [0.717, 1.165) is 11.0 Å². The van der Waals surface area contributed by atoms with Crippen molar-refractivity contribution in [2.24, 2.45) is 0 Å². The highest BCUT2D eigenvalue weighted by Gasteiger charge is 2.12. The Morgan fingerprint density at radius 1 is 1.07 bits per heavy atom. The normalized spacial score (nSPS) is 10.9. The van der Waals surface area contributed by atoms with E-state index in [-0.39, 0.29) is 24.9 Å². The van der Waals surface area contributed by atoms with Gasteiger partial charge in [-0.3, -0.25) is 4.79 Å². The minimum Gasteiger partial charge on any atom is -0.484 e. The maximum atomic E-state index is 12.8. The zero-order valence-electron chi connectivity index (χ0n) is 14.1. The Kier molecular flexibility index (Phi) is 4.57. The average molecular weight is 366 g/mol. The van der Waals surface area contributed by atoms with Crippen molar-refractivity contribution >= 4 is 16.9 Å². The minimum absolute atomic E-state index is 0.181. The van der Waals surface area contributed by atoms with Crippen molar-refractivity contribution in [2.75, 3.05) is 6.61 Å². The van der Waals surface area contributed by atoms with Crippen LogP contribution < -0.4 is 10.1 Å². The number of furan rings is 1. The molecule has 2 heterocycles. The van der Waals surface area contributed by atoms with Crippen LogP contribution in [0.5, 0.6) is 5.75 Å². The van der Waals surface area contributed by atoms with Gasteiger partial charge in [0, 0.05) is 11.5 Å². The van der Waals surface area contributed by atoms with Crippen LogP contribution in [0.25, 0.3) is 22.5 Å². The second-order valence-electron chi connectivity index (χ2n) is 5.85. The van der Waals surface area contributed by atoms with Crippen LogP contribution in [0.15, 0.2) is 69.6 Å². The molecule has 0 aliphatic rings. The number of nitrogens with zero attached hydrogens (tertiary/aromatic N) is 1. The van der Waals surface area contributed by atoms with E-state index in [0.29, 0.717) is 23.0 Å². The smallest absolute Gasteiger partial charge is 0.258 e. The van der Waals surface area contributed by atoms with Crippen molar-refractivity contribution in [1.82, 2.24) is 10.5 Å². The van der Waals surface area contributed by atoms with Gasteiger partial charge in [0.05, 0.1) is 6.54 Å². The van der Waals surface area contributed by atoms with E-state index in [1.165, 1.54) is 24.3 Å². The first-order chi connectivity index (χ1) is 13.2.